The Morgan fingerprint density at radius 3 is 1.98 bits per heavy atom. The van der Waals surface area contributed by atoms with E-state index in [1.54, 1.807) is 29.7 Å². The highest BCUT2D eigenvalue weighted by Crippen LogP contribution is 2.27. The molecule has 1 unspecified atom stereocenters. The summed E-state index contributed by atoms with van der Waals surface area (Å²) in [4.78, 5) is 52.0. The van der Waals surface area contributed by atoms with Crippen LogP contribution >= 0.6 is 0 Å². The molecule has 0 saturated carbocycles. The molecule has 9 N–H and O–H groups in total. The summed E-state index contributed by atoms with van der Waals surface area (Å²) in [7, 11) is 1.50. The van der Waals surface area contributed by atoms with Crippen LogP contribution in [0.15, 0.2) is 59.6 Å². The number of guanidine groups is 1. The molecular weight excluding hydrogens is 540 g/mol. The van der Waals surface area contributed by atoms with Crippen LogP contribution in [0.1, 0.15) is 51.2 Å². The number of nitrogens with zero attached hydrogens (tertiary/aromatic N) is 1. The van der Waals surface area contributed by atoms with Gasteiger partial charge in [-0.15, -0.1) is 0 Å². The van der Waals surface area contributed by atoms with Gasteiger partial charge in [-0.1, -0.05) is 56.3 Å². The highest BCUT2D eigenvalue weighted by molar-refractivity contribution is 5.91. The van der Waals surface area contributed by atoms with Gasteiger partial charge in [-0.25, -0.2) is 10.5 Å². The first-order valence-corrected chi connectivity index (χ1v) is 13.8. The number of nitrogens with two attached hydrogens (primary N) is 2. The van der Waals surface area contributed by atoms with E-state index in [1.165, 1.54) is 7.05 Å². The van der Waals surface area contributed by atoms with Crippen molar-refractivity contribution >= 4 is 35.3 Å². The molecule has 12 heteroatoms. The van der Waals surface area contributed by atoms with Gasteiger partial charge >= 0.3 is 0 Å². The number of carboxylic acids is 1. The molecule has 42 heavy (non-hydrogen) atoms. The fourth-order valence-corrected chi connectivity index (χ4v) is 4.48. The van der Waals surface area contributed by atoms with E-state index in [-0.39, 0.29) is 24.2 Å². The molecule has 0 spiro atoms. The van der Waals surface area contributed by atoms with Crippen molar-refractivity contribution in [2.75, 3.05) is 7.05 Å². The first-order chi connectivity index (χ1) is 19.9. The molecule has 3 atom stereocenters. The fourth-order valence-electron chi connectivity index (χ4n) is 4.48. The zero-order valence-electron chi connectivity index (χ0n) is 24.7. The van der Waals surface area contributed by atoms with Gasteiger partial charge in [0.1, 0.15) is 6.04 Å². The molecule has 2 aromatic rings. The Labute approximate surface area is 246 Å². The zero-order chi connectivity index (χ0) is 31.7. The lowest BCUT2D eigenvalue weighted by atomic mass is 9.80. The molecule has 0 aliphatic carbocycles. The van der Waals surface area contributed by atoms with E-state index in [4.69, 9.17) is 21.4 Å². The Bertz CT molecular complexity index is 1160. The molecule has 0 heterocycles. The van der Waals surface area contributed by atoms with Gasteiger partial charge in [0.2, 0.25) is 17.7 Å². The summed E-state index contributed by atoms with van der Waals surface area (Å²) in [6.07, 6.45) is 2.45. The summed E-state index contributed by atoms with van der Waals surface area (Å²) in [6, 6.07) is 16.0. The predicted molar refractivity (Wildman–Crippen MR) is 161 cm³/mol. The van der Waals surface area contributed by atoms with Crippen LogP contribution in [0.3, 0.4) is 0 Å². The molecule has 0 radical (unpaired) electrons. The summed E-state index contributed by atoms with van der Waals surface area (Å²) in [5.74, 6) is -3.64. The number of carboxylic acid groups (broad SMARTS) is 1. The maximum atomic E-state index is 13.6. The number of benzene rings is 2. The van der Waals surface area contributed by atoms with Gasteiger partial charge in [-0.3, -0.25) is 24.4 Å². The Morgan fingerprint density at radius 1 is 0.881 bits per heavy atom. The van der Waals surface area contributed by atoms with Crippen LogP contribution in [0.4, 0.5) is 5.69 Å². The first kappa shape index (κ1) is 35.6. The lowest BCUT2D eigenvalue weighted by molar-refractivity contribution is -0.142. The van der Waals surface area contributed by atoms with Crippen molar-refractivity contribution in [3.63, 3.8) is 0 Å². The van der Waals surface area contributed by atoms with Crippen molar-refractivity contribution in [1.82, 2.24) is 16.1 Å². The second-order valence-electron chi connectivity index (χ2n) is 10.3. The SMILES string of the molecule is CC(=O)O.CNC(=O)[C@H](Cc1ccc(N=C(N)N)cc1)NC(=O)[C@H](CC(C)C)C(CCCc1ccccc1)C(=O)NO. The van der Waals surface area contributed by atoms with E-state index < -0.39 is 35.7 Å². The maximum Gasteiger partial charge on any atom is 0.300 e. The van der Waals surface area contributed by atoms with Crippen molar-refractivity contribution < 1.29 is 29.5 Å². The van der Waals surface area contributed by atoms with Crippen molar-refractivity contribution in [3.05, 3.63) is 65.7 Å². The monoisotopic (exact) mass is 584 g/mol. The molecule has 0 aliphatic heterocycles. The van der Waals surface area contributed by atoms with Gasteiger partial charge in [0, 0.05) is 26.3 Å². The lowest BCUT2D eigenvalue weighted by Gasteiger charge is -2.28. The second kappa shape index (κ2) is 18.8. The van der Waals surface area contributed by atoms with Crippen molar-refractivity contribution in [2.45, 2.75) is 58.9 Å². The number of hydroxylamine groups is 1. The van der Waals surface area contributed by atoms with Crippen LogP contribution in [0.5, 0.6) is 0 Å². The molecule has 12 nitrogen and oxygen atoms in total. The number of aliphatic carboxylic acids is 1. The van der Waals surface area contributed by atoms with Crippen LogP contribution < -0.4 is 27.6 Å². The summed E-state index contributed by atoms with van der Waals surface area (Å²) < 4.78 is 0. The summed E-state index contributed by atoms with van der Waals surface area (Å²) in [5.41, 5.74) is 15.1. The lowest BCUT2D eigenvalue weighted by Crippen LogP contribution is -2.51. The van der Waals surface area contributed by atoms with Crippen molar-refractivity contribution in [2.24, 2.45) is 34.2 Å². The number of amides is 3. The largest absolute Gasteiger partial charge is 0.481 e. The average molecular weight is 585 g/mol. The Kier molecular flexibility index (Phi) is 15.9. The van der Waals surface area contributed by atoms with E-state index in [0.29, 0.717) is 24.9 Å². The standard InChI is InChI=1S/C28H40N6O4.C2H4O2/c1-18(2)16-23(22(26(36)34-38)11-7-10-19-8-5-4-6-9-19)25(35)33-24(27(37)31-3)17-20-12-14-21(15-13-20)32-28(29)30;1-2(3)4/h4-6,8-9,12-15,18,22-24,38H,7,10-11,16-17H2,1-3H3,(H,31,37)(H,33,35)(H,34,36)(H4,29,30,32);1H3,(H,3,4)/t22?,23-,24+;/m1./s1. The summed E-state index contributed by atoms with van der Waals surface area (Å²) >= 11 is 0. The number of carbonyl (C=O) groups excluding carboxylic acids is 3. The second-order valence-corrected chi connectivity index (χ2v) is 10.3. The number of aliphatic imine (C=N–C) groups is 1. The average Bonchev–Trinajstić information content (AvgIpc) is 2.94. The minimum atomic E-state index is -0.863. The molecular formula is C30H44N6O6. The van der Waals surface area contributed by atoms with Crippen LogP contribution in [0.25, 0.3) is 0 Å². The number of rotatable bonds is 14. The van der Waals surface area contributed by atoms with E-state index >= 15 is 0 Å². The number of hydrogen-bond acceptors (Lipinski definition) is 6. The number of likely N-dealkylation sites (N-methyl/N-ethyl adjacent to an activating group) is 1. The molecule has 0 aliphatic rings. The van der Waals surface area contributed by atoms with Gasteiger partial charge in [0.25, 0.3) is 5.97 Å². The smallest absolute Gasteiger partial charge is 0.300 e. The van der Waals surface area contributed by atoms with Gasteiger partial charge in [-0.05, 0) is 54.9 Å². The fraction of sp³-hybridized carbons (Fsp3) is 0.433. The molecule has 3 amide bonds. The van der Waals surface area contributed by atoms with E-state index in [0.717, 1.165) is 24.5 Å². The Hall–Kier alpha value is -4.45. The number of carbonyl (C=O) groups is 4. The van der Waals surface area contributed by atoms with Crippen molar-refractivity contribution in [1.29, 1.82) is 0 Å². The third kappa shape index (κ3) is 13.8. The number of aryl methyl sites for hydroxylation is 1. The molecule has 0 aromatic heterocycles. The number of hydrogen-bond donors (Lipinski definition) is 7. The maximum absolute atomic E-state index is 13.6. The van der Waals surface area contributed by atoms with Crippen LogP contribution in [-0.4, -0.2) is 53.1 Å². The van der Waals surface area contributed by atoms with E-state index in [2.05, 4.69) is 15.6 Å². The minimum Gasteiger partial charge on any atom is -0.481 e. The normalized spacial score (nSPS) is 12.5. The van der Waals surface area contributed by atoms with Gasteiger partial charge in [0.05, 0.1) is 11.6 Å². The van der Waals surface area contributed by atoms with E-state index in [9.17, 15) is 19.6 Å². The minimum absolute atomic E-state index is 0.0605. The van der Waals surface area contributed by atoms with Crippen molar-refractivity contribution in [3.8, 4) is 0 Å². The third-order valence-electron chi connectivity index (χ3n) is 6.33. The quantitative estimate of drug-likeness (QED) is 0.0756. The van der Waals surface area contributed by atoms with Gasteiger partial charge < -0.3 is 27.2 Å². The Balaban J connectivity index is 0.00000206. The molecule has 230 valence electrons. The summed E-state index contributed by atoms with van der Waals surface area (Å²) in [5, 5.41) is 22.3. The van der Waals surface area contributed by atoms with Gasteiger partial charge in [-0.2, -0.15) is 0 Å². The van der Waals surface area contributed by atoms with E-state index in [1.807, 2.05) is 44.2 Å². The highest BCUT2D eigenvalue weighted by atomic mass is 16.5. The topological polar surface area (TPSA) is 209 Å². The molecule has 2 aromatic carbocycles. The molecule has 0 saturated heterocycles. The molecule has 2 rings (SSSR count). The first-order valence-electron chi connectivity index (χ1n) is 13.8. The third-order valence-corrected chi connectivity index (χ3v) is 6.33. The predicted octanol–water partition coefficient (Wildman–Crippen LogP) is 2.26. The van der Waals surface area contributed by atoms with Crippen LogP contribution in [0, 0.1) is 17.8 Å². The van der Waals surface area contributed by atoms with Crippen LogP contribution in [0.2, 0.25) is 0 Å². The Morgan fingerprint density at radius 2 is 1.48 bits per heavy atom. The molecule has 0 fully saturated rings. The molecule has 0 bridgehead atoms. The number of nitrogens with one attached hydrogen (secondary N) is 3. The van der Waals surface area contributed by atoms with Crippen LogP contribution in [-0.2, 0) is 32.0 Å². The highest BCUT2D eigenvalue weighted by Gasteiger charge is 2.35. The zero-order valence-corrected chi connectivity index (χ0v) is 24.7. The van der Waals surface area contributed by atoms with Gasteiger partial charge in [0.15, 0.2) is 5.96 Å². The summed E-state index contributed by atoms with van der Waals surface area (Å²) in [6.45, 7) is 5.01.